The highest BCUT2D eigenvalue weighted by atomic mass is 32.2. The number of rotatable bonds is 3. The van der Waals surface area contributed by atoms with Crippen molar-refractivity contribution >= 4 is 23.6 Å². The Morgan fingerprint density at radius 2 is 2.11 bits per heavy atom. The number of carboxylic acids is 1. The van der Waals surface area contributed by atoms with E-state index in [0.29, 0.717) is 11.3 Å². The van der Waals surface area contributed by atoms with Crippen molar-refractivity contribution in [2.75, 3.05) is 5.75 Å². The molecule has 0 radical (unpaired) electrons. The van der Waals surface area contributed by atoms with Gasteiger partial charge in [0.05, 0.1) is 5.37 Å². The lowest BCUT2D eigenvalue weighted by Crippen LogP contribution is -2.45. The maximum absolute atomic E-state index is 12.6. The van der Waals surface area contributed by atoms with Crippen LogP contribution >= 0.6 is 11.8 Å². The van der Waals surface area contributed by atoms with Gasteiger partial charge < -0.3 is 10.0 Å². The molecule has 0 aliphatic carbocycles. The Labute approximate surface area is 116 Å². The first kappa shape index (κ1) is 13.9. The van der Waals surface area contributed by atoms with Gasteiger partial charge in [-0.1, -0.05) is 25.1 Å². The minimum absolute atomic E-state index is 0.0480. The van der Waals surface area contributed by atoms with Crippen LogP contribution < -0.4 is 0 Å². The topological polar surface area (TPSA) is 57.6 Å². The van der Waals surface area contributed by atoms with Crippen LogP contribution in [0.25, 0.3) is 0 Å². The molecule has 5 heteroatoms. The van der Waals surface area contributed by atoms with E-state index in [4.69, 9.17) is 0 Å². The lowest BCUT2D eigenvalue weighted by atomic mass is 10.1. The van der Waals surface area contributed by atoms with E-state index in [9.17, 15) is 14.7 Å². The number of benzene rings is 1. The Bertz CT molecular complexity index is 503. The summed E-state index contributed by atoms with van der Waals surface area (Å²) in [5, 5.41) is 9.21. The van der Waals surface area contributed by atoms with Crippen molar-refractivity contribution in [3.05, 3.63) is 35.4 Å². The van der Waals surface area contributed by atoms with Crippen molar-refractivity contribution in [1.82, 2.24) is 4.90 Å². The number of carbonyl (C=O) groups is 2. The average molecular weight is 279 g/mol. The molecule has 1 N–H and O–H groups in total. The highest BCUT2D eigenvalue weighted by Crippen LogP contribution is 2.33. The third kappa shape index (κ3) is 2.61. The summed E-state index contributed by atoms with van der Waals surface area (Å²) in [6.45, 7) is 3.84. The summed E-state index contributed by atoms with van der Waals surface area (Å²) in [4.78, 5) is 25.4. The fourth-order valence-electron chi connectivity index (χ4n) is 2.29. The van der Waals surface area contributed by atoms with Gasteiger partial charge in [0.25, 0.3) is 5.91 Å². The normalized spacial score (nSPS) is 22.5. The Hall–Kier alpha value is -1.49. The fraction of sp³-hybridized carbons (Fsp3) is 0.429. The molecular formula is C14H17NO3S. The molecule has 2 rings (SSSR count). The molecule has 1 aromatic rings. The molecule has 4 nitrogen and oxygen atoms in total. The maximum atomic E-state index is 12.6. The third-order valence-electron chi connectivity index (χ3n) is 3.34. The van der Waals surface area contributed by atoms with Gasteiger partial charge >= 0.3 is 5.97 Å². The molecule has 102 valence electrons. The van der Waals surface area contributed by atoms with E-state index in [1.54, 1.807) is 23.9 Å². The first-order chi connectivity index (χ1) is 9.06. The first-order valence-electron chi connectivity index (χ1n) is 6.29. The van der Waals surface area contributed by atoms with Gasteiger partial charge in [-0.3, -0.25) is 4.79 Å². The lowest BCUT2D eigenvalue weighted by molar-refractivity contribution is -0.141. The van der Waals surface area contributed by atoms with E-state index in [2.05, 4.69) is 0 Å². The molecule has 0 aromatic heterocycles. The summed E-state index contributed by atoms with van der Waals surface area (Å²) < 4.78 is 0. The minimum Gasteiger partial charge on any atom is -0.480 e. The van der Waals surface area contributed by atoms with Gasteiger partial charge in [0.1, 0.15) is 6.04 Å². The largest absolute Gasteiger partial charge is 0.480 e. The molecule has 19 heavy (non-hydrogen) atoms. The van der Waals surface area contributed by atoms with E-state index < -0.39 is 12.0 Å². The van der Waals surface area contributed by atoms with Gasteiger partial charge in [-0.2, -0.15) is 0 Å². The summed E-state index contributed by atoms with van der Waals surface area (Å²) in [5.41, 5.74) is 1.47. The van der Waals surface area contributed by atoms with E-state index in [-0.39, 0.29) is 11.3 Å². The van der Waals surface area contributed by atoms with Gasteiger partial charge in [-0.15, -0.1) is 11.8 Å². The zero-order valence-corrected chi connectivity index (χ0v) is 11.8. The van der Waals surface area contributed by atoms with Crippen LogP contribution in [0.15, 0.2) is 24.3 Å². The van der Waals surface area contributed by atoms with Crippen molar-refractivity contribution in [1.29, 1.82) is 0 Å². The van der Waals surface area contributed by atoms with Crippen LogP contribution in [0.1, 0.15) is 29.3 Å². The monoisotopic (exact) mass is 279 g/mol. The minimum atomic E-state index is -0.926. The van der Waals surface area contributed by atoms with Gasteiger partial charge in [0, 0.05) is 11.3 Å². The number of aryl methyl sites for hydroxylation is 1. The molecule has 0 bridgehead atoms. The standard InChI is InChI=1S/C14H17NO3S/c1-3-12-15(11(8-19-12)14(17)18)13(16)10-7-5-4-6-9(10)2/h4-7,11-12H,3,8H2,1-2H3,(H,17,18). The molecule has 1 fully saturated rings. The Kier molecular flexibility index (Phi) is 4.14. The highest BCUT2D eigenvalue weighted by molar-refractivity contribution is 8.00. The fourth-order valence-corrected chi connectivity index (χ4v) is 3.64. The van der Waals surface area contributed by atoms with Crippen LogP contribution in [0.4, 0.5) is 0 Å². The summed E-state index contributed by atoms with van der Waals surface area (Å²) in [6, 6.07) is 6.58. The van der Waals surface area contributed by atoms with E-state index in [0.717, 1.165) is 12.0 Å². The summed E-state index contributed by atoms with van der Waals surface area (Å²) in [5.74, 6) is -0.640. The number of thioether (sulfide) groups is 1. The first-order valence-corrected chi connectivity index (χ1v) is 7.33. The smallest absolute Gasteiger partial charge is 0.327 e. The molecule has 0 spiro atoms. The number of carboxylic acid groups (broad SMARTS) is 1. The number of hydrogen-bond donors (Lipinski definition) is 1. The molecule has 2 unspecified atom stereocenters. The molecule has 2 atom stereocenters. The highest BCUT2D eigenvalue weighted by Gasteiger charge is 2.41. The van der Waals surface area contributed by atoms with Crippen molar-refractivity contribution in [3.63, 3.8) is 0 Å². The molecule has 1 saturated heterocycles. The van der Waals surface area contributed by atoms with Crippen LogP contribution in [0.3, 0.4) is 0 Å². The number of hydrogen-bond acceptors (Lipinski definition) is 3. The quantitative estimate of drug-likeness (QED) is 0.923. The number of amides is 1. The van der Waals surface area contributed by atoms with Crippen LogP contribution in [0.2, 0.25) is 0 Å². The van der Waals surface area contributed by atoms with Crippen molar-refractivity contribution in [2.24, 2.45) is 0 Å². The van der Waals surface area contributed by atoms with Crippen LogP contribution in [0.5, 0.6) is 0 Å². The van der Waals surface area contributed by atoms with Gasteiger partial charge in [-0.05, 0) is 25.0 Å². The summed E-state index contributed by atoms with van der Waals surface area (Å²) >= 11 is 1.54. The molecular weight excluding hydrogens is 262 g/mol. The molecule has 1 aliphatic rings. The zero-order chi connectivity index (χ0) is 14.0. The second-order valence-electron chi connectivity index (χ2n) is 4.58. The zero-order valence-electron chi connectivity index (χ0n) is 11.0. The number of carbonyl (C=O) groups excluding carboxylic acids is 1. The molecule has 0 saturated carbocycles. The predicted molar refractivity (Wildman–Crippen MR) is 75.3 cm³/mol. The van der Waals surface area contributed by atoms with Crippen LogP contribution in [-0.4, -0.2) is 39.1 Å². The van der Waals surface area contributed by atoms with E-state index in [1.807, 2.05) is 26.0 Å². The molecule has 1 amide bonds. The average Bonchev–Trinajstić information content (AvgIpc) is 2.82. The SMILES string of the molecule is CCC1SCC(C(=O)O)N1C(=O)c1ccccc1C. The Balaban J connectivity index is 2.34. The molecule has 1 aliphatic heterocycles. The Morgan fingerprint density at radius 3 is 2.68 bits per heavy atom. The van der Waals surface area contributed by atoms with Crippen LogP contribution in [-0.2, 0) is 4.79 Å². The third-order valence-corrected chi connectivity index (χ3v) is 4.79. The number of aliphatic carboxylic acids is 1. The molecule has 1 aromatic carbocycles. The van der Waals surface area contributed by atoms with Crippen LogP contribution in [0, 0.1) is 6.92 Å². The lowest BCUT2D eigenvalue weighted by Gasteiger charge is -2.27. The van der Waals surface area contributed by atoms with Gasteiger partial charge in [-0.25, -0.2) is 4.79 Å². The van der Waals surface area contributed by atoms with E-state index >= 15 is 0 Å². The van der Waals surface area contributed by atoms with Crippen molar-refractivity contribution in [2.45, 2.75) is 31.7 Å². The van der Waals surface area contributed by atoms with Gasteiger partial charge in [0.2, 0.25) is 0 Å². The second kappa shape index (κ2) is 5.65. The second-order valence-corrected chi connectivity index (χ2v) is 5.79. The Morgan fingerprint density at radius 1 is 1.42 bits per heavy atom. The maximum Gasteiger partial charge on any atom is 0.327 e. The molecule has 1 heterocycles. The van der Waals surface area contributed by atoms with Gasteiger partial charge in [0.15, 0.2) is 0 Å². The van der Waals surface area contributed by atoms with E-state index in [1.165, 1.54) is 4.90 Å². The summed E-state index contributed by atoms with van der Waals surface area (Å²) in [7, 11) is 0. The predicted octanol–water partition coefficient (Wildman–Crippen LogP) is 2.37. The van der Waals surface area contributed by atoms with Crippen molar-refractivity contribution < 1.29 is 14.7 Å². The van der Waals surface area contributed by atoms with Crippen molar-refractivity contribution in [3.8, 4) is 0 Å². The summed E-state index contributed by atoms with van der Waals surface area (Å²) in [6.07, 6.45) is 0.756. The number of nitrogens with zero attached hydrogens (tertiary/aromatic N) is 1.